The van der Waals surface area contributed by atoms with E-state index in [0.717, 1.165) is 65.5 Å². The topological polar surface area (TPSA) is 62.5 Å². The Kier molecular flexibility index (Phi) is 11.7. The Labute approximate surface area is 343 Å². The number of hydrogen-bond donors (Lipinski definition) is 1. The van der Waals surface area contributed by atoms with Crippen molar-refractivity contribution in [1.82, 2.24) is 15.0 Å². The summed E-state index contributed by atoms with van der Waals surface area (Å²) in [7, 11) is 0. The Morgan fingerprint density at radius 2 is 1.47 bits per heavy atom. The zero-order valence-corrected chi connectivity index (χ0v) is 33.5. The normalized spacial score (nSPS) is 18.3. The Hall–Kier alpha value is -5.83. The lowest BCUT2D eigenvalue weighted by Gasteiger charge is -2.40. The van der Waals surface area contributed by atoms with E-state index in [1.54, 1.807) is 0 Å². The van der Waals surface area contributed by atoms with E-state index < -0.39 is 0 Å². The fourth-order valence-electron chi connectivity index (χ4n) is 8.59. The average molecular weight is 761 g/mol. The molecule has 1 saturated carbocycles. The fourth-order valence-corrected chi connectivity index (χ4v) is 8.88. The van der Waals surface area contributed by atoms with Gasteiger partial charge in [0.1, 0.15) is 0 Å². The van der Waals surface area contributed by atoms with Crippen molar-refractivity contribution in [2.75, 3.05) is 5.75 Å². The molecule has 0 spiro atoms. The first-order valence-electron chi connectivity index (χ1n) is 20.3. The highest BCUT2D eigenvalue weighted by molar-refractivity contribution is 7.80. The summed E-state index contributed by atoms with van der Waals surface area (Å²) in [4.78, 5) is 15.1. The third-order valence-electron chi connectivity index (χ3n) is 11.8. The molecule has 3 aliphatic carbocycles. The Morgan fingerprint density at radius 3 is 2.21 bits per heavy atom. The number of nitrogens with zero attached hydrogens (tertiary/aromatic N) is 4. The third kappa shape index (κ3) is 8.48. The Bertz CT molecular complexity index is 2470. The molecule has 3 aliphatic rings. The first-order chi connectivity index (χ1) is 28.0. The van der Waals surface area contributed by atoms with Crippen LogP contribution in [0.25, 0.3) is 39.5 Å². The fraction of sp³-hybridized carbons (Fsp3) is 0.231. The Balaban J connectivity index is 1.09. The van der Waals surface area contributed by atoms with Gasteiger partial charge in [-0.25, -0.2) is 15.0 Å². The van der Waals surface area contributed by atoms with Gasteiger partial charge in [-0.1, -0.05) is 159 Å². The van der Waals surface area contributed by atoms with Gasteiger partial charge in [0.05, 0.1) is 6.07 Å². The summed E-state index contributed by atoms with van der Waals surface area (Å²) in [5, 5.41) is 9.74. The SMILES string of the molecule is C/C(=C\C=C(/CS)c1cccc(C2(C3=CCCC(C#N)=C3)CCCCC2)c1)c1cccc(-c2nc(C3=CCC(c4ccccc4)C=C3)nc(-c3ccccc3)n2)c1. The summed E-state index contributed by atoms with van der Waals surface area (Å²) in [6.07, 6.45) is 24.2. The summed E-state index contributed by atoms with van der Waals surface area (Å²) < 4.78 is 0. The van der Waals surface area contributed by atoms with Crippen LogP contribution in [-0.4, -0.2) is 20.7 Å². The number of hydrogen-bond acceptors (Lipinski definition) is 5. The molecule has 4 aromatic carbocycles. The second kappa shape index (κ2) is 17.5. The third-order valence-corrected chi connectivity index (χ3v) is 12.2. The molecule has 5 heteroatoms. The maximum absolute atomic E-state index is 9.74. The number of aromatic nitrogens is 3. The number of thiol groups is 1. The molecule has 1 unspecified atom stereocenters. The van der Waals surface area contributed by atoms with E-state index in [4.69, 9.17) is 27.6 Å². The summed E-state index contributed by atoms with van der Waals surface area (Å²) in [5.74, 6) is 2.94. The van der Waals surface area contributed by atoms with E-state index in [9.17, 15) is 5.26 Å². The van der Waals surface area contributed by atoms with Gasteiger partial charge in [0.15, 0.2) is 17.5 Å². The van der Waals surface area contributed by atoms with Crippen molar-refractivity contribution in [3.63, 3.8) is 0 Å². The number of allylic oxidation sites excluding steroid dienone is 11. The number of benzene rings is 4. The van der Waals surface area contributed by atoms with Crippen LogP contribution in [0.5, 0.6) is 0 Å². The van der Waals surface area contributed by atoms with Gasteiger partial charge in [-0.15, -0.1) is 0 Å². The number of rotatable bonds is 10. The van der Waals surface area contributed by atoms with Crippen LogP contribution in [-0.2, 0) is 5.41 Å². The first kappa shape index (κ1) is 38.1. The minimum Gasteiger partial charge on any atom is -0.208 e. The lowest BCUT2D eigenvalue weighted by molar-refractivity contribution is 0.343. The van der Waals surface area contributed by atoms with Crippen LogP contribution in [0.4, 0.5) is 0 Å². The molecule has 57 heavy (non-hydrogen) atoms. The lowest BCUT2D eigenvalue weighted by atomic mass is 9.63. The predicted octanol–water partition coefficient (Wildman–Crippen LogP) is 13.1. The van der Waals surface area contributed by atoms with Gasteiger partial charge in [0.25, 0.3) is 0 Å². The van der Waals surface area contributed by atoms with Gasteiger partial charge >= 0.3 is 0 Å². The molecular weight excluding hydrogens is 713 g/mol. The van der Waals surface area contributed by atoms with Crippen molar-refractivity contribution < 1.29 is 0 Å². The summed E-state index contributed by atoms with van der Waals surface area (Å²) in [6, 6.07) is 40.8. The predicted molar refractivity (Wildman–Crippen MR) is 239 cm³/mol. The quantitative estimate of drug-likeness (QED) is 0.114. The minimum absolute atomic E-state index is 0.0473. The average Bonchev–Trinajstić information content (AvgIpc) is 3.30. The van der Waals surface area contributed by atoms with E-state index in [-0.39, 0.29) is 5.41 Å². The van der Waals surface area contributed by atoms with Crippen LogP contribution in [0.1, 0.15) is 92.3 Å². The molecular formula is C52H48N4S. The van der Waals surface area contributed by atoms with Crippen LogP contribution in [0, 0.1) is 11.3 Å². The molecule has 0 N–H and O–H groups in total. The molecule has 1 aromatic heterocycles. The molecule has 8 rings (SSSR count). The first-order valence-corrected chi connectivity index (χ1v) is 20.9. The molecule has 5 aromatic rings. The molecule has 1 atom stereocenters. The van der Waals surface area contributed by atoms with Crippen LogP contribution >= 0.6 is 12.6 Å². The second-order valence-electron chi connectivity index (χ2n) is 15.4. The van der Waals surface area contributed by atoms with Crippen molar-refractivity contribution in [2.45, 2.75) is 69.6 Å². The molecule has 282 valence electrons. The van der Waals surface area contributed by atoms with Gasteiger partial charge < -0.3 is 0 Å². The lowest BCUT2D eigenvalue weighted by Crippen LogP contribution is -2.31. The molecule has 0 amide bonds. The molecule has 0 saturated heterocycles. The molecule has 0 bridgehead atoms. The second-order valence-corrected chi connectivity index (χ2v) is 15.7. The minimum atomic E-state index is -0.0473. The van der Waals surface area contributed by atoms with E-state index >= 15 is 0 Å². The maximum atomic E-state index is 9.74. The van der Waals surface area contributed by atoms with Crippen molar-refractivity contribution in [3.8, 4) is 28.8 Å². The van der Waals surface area contributed by atoms with E-state index in [0.29, 0.717) is 29.1 Å². The standard InChI is InChI=1S/C52H48N4S/c1-37(24-25-46(36-57)44-20-13-23-48(34-44)52(30-9-4-10-31-52)47-22-11-14-38(32-47)35-53)43-19-12-21-45(33-43)51-55-49(41-17-7-3-8-18-41)54-50(56-51)42-28-26-40(27-29-42)39-15-5-2-6-16-39/h2-3,5-8,12-13,15-26,28-29,32-34,40,57H,4,9-11,14,27,30-31,36H2,1H3/b37-24+,46-25+. The van der Waals surface area contributed by atoms with Gasteiger partial charge in [-0.05, 0) is 90.1 Å². The largest absolute Gasteiger partial charge is 0.208 e. The summed E-state index contributed by atoms with van der Waals surface area (Å²) in [5.41, 5.74) is 12.4. The summed E-state index contributed by atoms with van der Waals surface area (Å²) >= 11 is 4.82. The van der Waals surface area contributed by atoms with E-state index in [2.05, 4.69) is 134 Å². The molecule has 1 heterocycles. The zero-order chi connectivity index (χ0) is 39.0. The van der Waals surface area contributed by atoms with Crippen LogP contribution in [0.15, 0.2) is 163 Å². The number of nitriles is 1. The molecule has 4 nitrogen and oxygen atoms in total. The highest BCUT2D eigenvalue weighted by atomic mass is 32.1. The van der Waals surface area contributed by atoms with Crippen molar-refractivity contribution in [1.29, 1.82) is 5.26 Å². The van der Waals surface area contributed by atoms with Crippen LogP contribution in [0.3, 0.4) is 0 Å². The van der Waals surface area contributed by atoms with Gasteiger partial charge in [0, 0.05) is 39.4 Å². The summed E-state index contributed by atoms with van der Waals surface area (Å²) in [6.45, 7) is 2.16. The highest BCUT2D eigenvalue weighted by Gasteiger charge is 2.37. The smallest absolute Gasteiger partial charge is 0.164 e. The van der Waals surface area contributed by atoms with Crippen LogP contribution in [0.2, 0.25) is 0 Å². The van der Waals surface area contributed by atoms with Gasteiger partial charge in [-0.2, -0.15) is 17.9 Å². The maximum Gasteiger partial charge on any atom is 0.164 e. The highest BCUT2D eigenvalue weighted by Crippen LogP contribution is 2.47. The van der Waals surface area contributed by atoms with Crippen molar-refractivity contribution >= 4 is 29.3 Å². The monoisotopic (exact) mass is 760 g/mol. The van der Waals surface area contributed by atoms with Gasteiger partial charge in [-0.3, -0.25) is 0 Å². The molecule has 0 radical (unpaired) electrons. The van der Waals surface area contributed by atoms with Crippen LogP contribution < -0.4 is 0 Å². The molecule has 1 fully saturated rings. The van der Waals surface area contributed by atoms with Crippen molar-refractivity contribution in [3.05, 3.63) is 191 Å². The molecule has 0 aliphatic heterocycles. The van der Waals surface area contributed by atoms with Crippen molar-refractivity contribution in [2.24, 2.45) is 0 Å². The van der Waals surface area contributed by atoms with Gasteiger partial charge in [0.2, 0.25) is 0 Å². The zero-order valence-electron chi connectivity index (χ0n) is 32.6. The Morgan fingerprint density at radius 1 is 0.772 bits per heavy atom. The van der Waals surface area contributed by atoms with E-state index in [1.807, 2.05) is 30.3 Å². The van der Waals surface area contributed by atoms with E-state index in [1.165, 1.54) is 47.1 Å².